The molecule has 2 atom stereocenters. The van der Waals surface area contributed by atoms with Crippen LogP contribution < -0.4 is 4.59 Å². The summed E-state index contributed by atoms with van der Waals surface area (Å²) in [6, 6.07) is 4.07. The van der Waals surface area contributed by atoms with E-state index in [1.54, 1.807) is 12.7 Å². The molecule has 2 unspecified atom stereocenters. The molecule has 0 fully saturated rings. The third-order valence-corrected chi connectivity index (χ3v) is 4.59. The molecule has 1 aromatic rings. The van der Waals surface area contributed by atoms with Crippen LogP contribution in [-0.4, -0.2) is 30.0 Å². The standard InChI is InChI=1S/C13H18N3OS/c1-5-18(17)13-7-12(10(2)6-11(13)3)16(4)9-14-8-15-16/h6-9H,5H2,1-4H3/q+1. The van der Waals surface area contributed by atoms with Crippen LogP contribution in [0.15, 0.2) is 27.1 Å². The largest absolute Gasteiger partial charge is 0.611 e. The first-order valence-corrected chi connectivity index (χ1v) is 7.24. The highest BCUT2D eigenvalue weighted by Crippen LogP contribution is 2.31. The fourth-order valence-corrected chi connectivity index (χ4v) is 3.13. The van der Waals surface area contributed by atoms with Crippen molar-refractivity contribution in [3.63, 3.8) is 0 Å². The van der Waals surface area contributed by atoms with Gasteiger partial charge in [-0.1, -0.05) is 5.10 Å². The van der Waals surface area contributed by atoms with E-state index >= 15 is 0 Å². The summed E-state index contributed by atoms with van der Waals surface area (Å²) in [5.74, 6) is 0.629. The van der Waals surface area contributed by atoms with E-state index in [1.165, 1.54) is 0 Å². The lowest BCUT2D eigenvalue weighted by molar-refractivity contribution is 0.546. The third-order valence-electron chi connectivity index (χ3n) is 3.14. The van der Waals surface area contributed by atoms with Gasteiger partial charge in [-0.25, -0.2) is 0 Å². The molecular weight excluding hydrogens is 246 g/mol. The maximum Gasteiger partial charge on any atom is 0.223 e. The highest BCUT2D eigenvalue weighted by atomic mass is 32.2. The Morgan fingerprint density at radius 3 is 2.56 bits per heavy atom. The van der Waals surface area contributed by atoms with Crippen LogP contribution in [0.3, 0.4) is 0 Å². The van der Waals surface area contributed by atoms with E-state index in [-0.39, 0.29) is 0 Å². The Kier molecular flexibility index (Phi) is 3.56. The molecule has 0 saturated heterocycles. The van der Waals surface area contributed by atoms with Gasteiger partial charge in [0.2, 0.25) is 6.34 Å². The maximum absolute atomic E-state index is 12.0. The van der Waals surface area contributed by atoms with Crippen LogP contribution in [0.25, 0.3) is 0 Å². The summed E-state index contributed by atoms with van der Waals surface area (Å²) in [7, 11) is 1.96. The van der Waals surface area contributed by atoms with E-state index < -0.39 is 11.2 Å². The van der Waals surface area contributed by atoms with Crippen molar-refractivity contribution in [2.75, 3.05) is 12.8 Å². The number of benzene rings is 1. The molecule has 1 aliphatic heterocycles. The predicted octanol–water partition coefficient (Wildman–Crippen LogP) is 2.35. The zero-order valence-electron chi connectivity index (χ0n) is 11.2. The van der Waals surface area contributed by atoms with Crippen LogP contribution in [0.1, 0.15) is 18.1 Å². The summed E-state index contributed by atoms with van der Waals surface area (Å²) in [4.78, 5) is 4.95. The molecule has 1 heterocycles. The van der Waals surface area contributed by atoms with Crippen molar-refractivity contribution in [3.05, 3.63) is 23.3 Å². The minimum Gasteiger partial charge on any atom is -0.611 e. The van der Waals surface area contributed by atoms with Crippen molar-refractivity contribution in [1.29, 1.82) is 0 Å². The molecule has 0 radical (unpaired) electrons. The first kappa shape index (κ1) is 13.3. The van der Waals surface area contributed by atoms with Gasteiger partial charge < -0.3 is 4.55 Å². The molecular formula is C13H18N3OS+. The fourth-order valence-electron chi connectivity index (χ4n) is 2.16. The summed E-state index contributed by atoms with van der Waals surface area (Å²) in [6.07, 6.45) is 3.33. The van der Waals surface area contributed by atoms with Gasteiger partial charge >= 0.3 is 0 Å². The molecule has 0 amide bonds. The second kappa shape index (κ2) is 4.84. The van der Waals surface area contributed by atoms with Crippen LogP contribution in [0, 0.1) is 13.8 Å². The number of rotatable bonds is 3. The number of quaternary nitrogens is 1. The van der Waals surface area contributed by atoms with Crippen molar-refractivity contribution in [2.45, 2.75) is 25.7 Å². The molecule has 0 N–H and O–H groups in total. The molecule has 0 spiro atoms. The van der Waals surface area contributed by atoms with Gasteiger partial charge in [-0.15, -0.1) is 4.59 Å². The van der Waals surface area contributed by atoms with Crippen LogP contribution in [0.4, 0.5) is 5.69 Å². The van der Waals surface area contributed by atoms with Crippen molar-refractivity contribution in [3.8, 4) is 0 Å². The van der Waals surface area contributed by atoms with Crippen molar-refractivity contribution in [2.24, 2.45) is 10.1 Å². The highest BCUT2D eigenvalue weighted by molar-refractivity contribution is 7.91. The third kappa shape index (κ3) is 2.21. The summed E-state index contributed by atoms with van der Waals surface area (Å²) in [5, 5.41) is 4.35. The van der Waals surface area contributed by atoms with Crippen LogP contribution in [0.2, 0.25) is 0 Å². The lowest BCUT2D eigenvalue weighted by atomic mass is 10.1. The van der Waals surface area contributed by atoms with E-state index in [4.69, 9.17) is 0 Å². The number of aryl methyl sites for hydroxylation is 2. The minimum absolute atomic E-state index is 0.292. The summed E-state index contributed by atoms with van der Waals surface area (Å²) in [6.45, 7) is 5.98. The van der Waals surface area contributed by atoms with Crippen LogP contribution in [-0.2, 0) is 11.2 Å². The smallest absolute Gasteiger partial charge is 0.223 e. The van der Waals surface area contributed by atoms with Crippen LogP contribution in [0.5, 0.6) is 0 Å². The Bertz CT molecular complexity index is 513. The van der Waals surface area contributed by atoms with E-state index in [0.717, 1.165) is 21.7 Å². The van der Waals surface area contributed by atoms with E-state index in [2.05, 4.69) is 16.2 Å². The topological polar surface area (TPSA) is 47.8 Å². The van der Waals surface area contributed by atoms with Gasteiger partial charge in [0, 0.05) is 11.1 Å². The normalized spacial score (nSPS) is 23.6. The van der Waals surface area contributed by atoms with E-state index in [1.807, 2.05) is 33.9 Å². The zero-order chi connectivity index (χ0) is 13.3. The number of nitrogens with zero attached hydrogens (tertiary/aromatic N) is 3. The average Bonchev–Trinajstić information content (AvgIpc) is 2.76. The molecule has 0 saturated carbocycles. The van der Waals surface area contributed by atoms with Gasteiger partial charge in [-0.2, -0.15) is 4.99 Å². The molecule has 18 heavy (non-hydrogen) atoms. The van der Waals surface area contributed by atoms with Gasteiger partial charge in [0.1, 0.15) is 12.8 Å². The molecule has 0 aromatic heterocycles. The lowest BCUT2D eigenvalue weighted by Gasteiger charge is -2.22. The highest BCUT2D eigenvalue weighted by Gasteiger charge is 2.30. The molecule has 4 nitrogen and oxygen atoms in total. The second-order valence-corrected chi connectivity index (χ2v) is 6.27. The van der Waals surface area contributed by atoms with Crippen LogP contribution >= 0.6 is 0 Å². The molecule has 1 aliphatic rings. The Balaban J connectivity index is 2.55. The Morgan fingerprint density at radius 2 is 2.00 bits per heavy atom. The Hall–Kier alpha value is -1.17. The van der Waals surface area contributed by atoms with E-state index in [9.17, 15) is 4.55 Å². The molecule has 2 rings (SSSR count). The molecule has 0 aliphatic carbocycles. The monoisotopic (exact) mass is 264 g/mol. The first-order chi connectivity index (χ1) is 8.48. The molecule has 96 valence electrons. The second-order valence-electron chi connectivity index (χ2n) is 4.56. The van der Waals surface area contributed by atoms with Gasteiger partial charge in [0.05, 0.1) is 6.07 Å². The minimum atomic E-state index is -0.945. The Morgan fingerprint density at radius 1 is 1.28 bits per heavy atom. The summed E-state index contributed by atoms with van der Waals surface area (Å²) >= 11 is -0.945. The first-order valence-electron chi connectivity index (χ1n) is 5.92. The van der Waals surface area contributed by atoms with Crippen molar-refractivity contribution in [1.82, 2.24) is 4.59 Å². The van der Waals surface area contributed by atoms with Gasteiger partial charge in [-0.05, 0) is 38.0 Å². The SMILES string of the molecule is CC[S+]([O-])c1cc([N+]2(C)C=NC=N2)c(C)cc1C. The lowest BCUT2D eigenvalue weighted by Crippen LogP contribution is -2.36. The predicted molar refractivity (Wildman–Crippen MR) is 77.6 cm³/mol. The zero-order valence-corrected chi connectivity index (χ0v) is 12.0. The maximum atomic E-state index is 12.0. The molecule has 1 aromatic carbocycles. The van der Waals surface area contributed by atoms with E-state index in [0.29, 0.717) is 10.3 Å². The quantitative estimate of drug-likeness (QED) is 0.610. The van der Waals surface area contributed by atoms with Gasteiger partial charge in [-0.3, -0.25) is 0 Å². The fraction of sp³-hybridized carbons (Fsp3) is 0.385. The number of hydrogen-bond donors (Lipinski definition) is 0. The Labute approximate surface area is 111 Å². The number of hydrogen-bond acceptors (Lipinski definition) is 3. The number of aliphatic imine (C=N–C) groups is 1. The summed E-state index contributed by atoms with van der Waals surface area (Å²) < 4.78 is 12.3. The van der Waals surface area contributed by atoms with Gasteiger partial charge in [0.15, 0.2) is 16.9 Å². The average molecular weight is 264 g/mol. The molecule has 5 heteroatoms. The molecule has 0 bridgehead atoms. The van der Waals surface area contributed by atoms with Crippen molar-refractivity contribution < 1.29 is 4.55 Å². The summed E-state index contributed by atoms with van der Waals surface area (Å²) in [5.41, 5.74) is 3.23. The van der Waals surface area contributed by atoms with Crippen molar-refractivity contribution >= 4 is 29.5 Å². The van der Waals surface area contributed by atoms with Gasteiger partial charge in [0.25, 0.3) is 0 Å².